The largest absolute Gasteiger partial charge is 0.490 e. The summed E-state index contributed by atoms with van der Waals surface area (Å²) in [4.78, 5) is 0. The number of nitrogens with two attached hydrogens (primary N) is 1. The van der Waals surface area contributed by atoms with Gasteiger partial charge in [-0.25, -0.2) is 0 Å². The molecule has 1 aromatic carbocycles. The second-order valence-corrected chi connectivity index (χ2v) is 3.59. The molecule has 1 rings (SSSR count). The highest BCUT2D eigenvalue weighted by Crippen LogP contribution is 2.31. The Morgan fingerprint density at radius 2 is 2.14 bits per heavy atom. The second-order valence-electron chi connectivity index (χ2n) is 2.81. The zero-order valence-electron chi connectivity index (χ0n) is 7.41. The fourth-order valence-electron chi connectivity index (χ4n) is 0.845. The van der Waals surface area contributed by atoms with E-state index in [4.69, 9.17) is 38.8 Å². The van der Waals surface area contributed by atoms with E-state index < -0.39 is 6.04 Å². The third-order valence-electron chi connectivity index (χ3n) is 1.60. The van der Waals surface area contributed by atoms with Gasteiger partial charge in [-0.1, -0.05) is 29.3 Å². The van der Waals surface area contributed by atoms with Crippen molar-refractivity contribution in [3.05, 3.63) is 28.2 Å². The summed E-state index contributed by atoms with van der Waals surface area (Å²) in [5.41, 5.74) is 5.46. The van der Waals surface area contributed by atoms with Gasteiger partial charge < -0.3 is 15.6 Å². The molecule has 78 valence electrons. The Hall–Kier alpha value is -0.480. The molecule has 0 saturated carbocycles. The van der Waals surface area contributed by atoms with Crippen LogP contribution in [0, 0.1) is 0 Å². The third-order valence-corrected chi connectivity index (χ3v) is 2.41. The van der Waals surface area contributed by atoms with Crippen LogP contribution in [0.15, 0.2) is 18.2 Å². The molecule has 3 N–H and O–H groups in total. The molecular formula is C9H11Cl2NO2. The molecule has 0 heterocycles. The molecule has 1 atom stereocenters. The molecule has 3 nitrogen and oxygen atoms in total. The SMILES string of the molecule is NC(CO)COc1cccc(Cl)c1Cl. The Bertz CT molecular complexity index is 307. The molecule has 0 aromatic heterocycles. The van der Waals surface area contributed by atoms with Crippen LogP contribution >= 0.6 is 23.2 Å². The zero-order valence-corrected chi connectivity index (χ0v) is 8.92. The van der Waals surface area contributed by atoms with Crippen molar-refractivity contribution < 1.29 is 9.84 Å². The van der Waals surface area contributed by atoms with Gasteiger partial charge in [-0.05, 0) is 12.1 Å². The molecule has 0 aliphatic rings. The van der Waals surface area contributed by atoms with Gasteiger partial charge in [0.1, 0.15) is 17.4 Å². The van der Waals surface area contributed by atoms with Gasteiger partial charge >= 0.3 is 0 Å². The summed E-state index contributed by atoms with van der Waals surface area (Å²) >= 11 is 11.6. The molecule has 0 amide bonds. The maximum absolute atomic E-state index is 8.67. The highest BCUT2D eigenvalue weighted by atomic mass is 35.5. The lowest BCUT2D eigenvalue weighted by atomic mass is 10.3. The number of ether oxygens (including phenoxy) is 1. The van der Waals surface area contributed by atoms with E-state index in [2.05, 4.69) is 0 Å². The van der Waals surface area contributed by atoms with Crippen molar-refractivity contribution in [2.24, 2.45) is 5.73 Å². The summed E-state index contributed by atoms with van der Waals surface area (Å²) in [6, 6.07) is 4.68. The van der Waals surface area contributed by atoms with E-state index in [-0.39, 0.29) is 13.2 Å². The van der Waals surface area contributed by atoms with Crippen molar-refractivity contribution in [2.45, 2.75) is 6.04 Å². The second kappa shape index (κ2) is 5.41. The predicted octanol–water partition coefficient (Wildman–Crippen LogP) is 1.69. The molecule has 0 aliphatic heterocycles. The number of hydrogen-bond donors (Lipinski definition) is 2. The van der Waals surface area contributed by atoms with Gasteiger partial charge in [-0.2, -0.15) is 0 Å². The first-order chi connectivity index (χ1) is 6.65. The van der Waals surface area contributed by atoms with Crippen LogP contribution in [-0.2, 0) is 0 Å². The van der Waals surface area contributed by atoms with E-state index >= 15 is 0 Å². The van der Waals surface area contributed by atoms with Crippen LogP contribution in [0.2, 0.25) is 10.0 Å². The number of aliphatic hydroxyl groups excluding tert-OH is 1. The van der Waals surface area contributed by atoms with Crippen molar-refractivity contribution in [3.8, 4) is 5.75 Å². The fourth-order valence-corrected chi connectivity index (χ4v) is 1.19. The first-order valence-electron chi connectivity index (χ1n) is 4.08. The first-order valence-corrected chi connectivity index (χ1v) is 4.84. The lowest BCUT2D eigenvalue weighted by Gasteiger charge is -2.11. The van der Waals surface area contributed by atoms with E-state index in [1.807, 2.05) is 0 Å². The molecule has 1 unspecified atom stereocenters. The minimum absolute atomic E-state index is 0.127. The number of rotatable bonds is 4. The fraction of sp³-hybridized carbons (Fsp3) is 0.333. The first kappa shape index (κ1) is 11.6. The van der Waals surface area contributed by atoms with Crippen LogP contribution in [0.3, 0.4) is 0 Å². The molecule has 0 saturated heterocycles. The molecule has 0 fully saturated rings. The molecule has 0 aliphatic carbocycles. The van der Waals surface area contributed by atoms with E-state index in [0.717, 1.165) is 0 Å². The van der Waals surface area contributed by atoms with E-state index in [1.165, 1.54) is 0 Å². The van der Waals surface area contributed by atoms with Gasteiger partial charge in [0.15, 0.2) is 0 Å². The molecule has 14 heavy (non-hydrogen) atoms. The van der Waals surface area contributed by atoms with Crippen molar-refractivity contribution in [3.63, 3.8) is 0 Å². The highest BCUT2D eigenvalue weighted by Gasteiger charge is 2.07. The Morgan fingerprint density at radius 1 is 1.43 bits per heavy atom. The van der Waals surface area contributed by atoms with Crippen molar-refractivity contribution in [1.82, 2.24) is 0 Å². The molecule has 5 heteroatoms. The average Bonchev–Trinajstić information content (AvgIpc) is 2.20. The number of benzene rings is 1. The molecule has 0 bridgehead atoms. The minimum Gasteiger partial charge on any atom is -0.490 e. The zero-order chi connectivity index (χ0) is 10.6. The number of halogens is 2. The average molecular weight is 236 g/mol. The third kappa shape index (κ3) is 3.03. The van der Waals surface area contributed by atoms with E-state index in [0.29, 0.717) is 15.8 Å². The number of hydrogen-bond acceptors (Lipinski definition) is 3. The molecule has 0 radical (unpaired) electrons. The maximum atomic E-state index is 8.67. The van der Waals surface area contributed by atoms with E-state index in [1.54, 1.807) is 18.2 Å². The monoisotopic (exact) mass is 235 g/mol. The smallest absolute Gasteiger partial charge is 0.139 e. The standard InChI is InChI=1S/C9H11Cl2NO2/c10-7-2-1-3-8(9(7)11)14-5-6(12)4-13/h1-3,6,13H,4-5,12H2. The highest BCUT2D eigenvalue weighted by molar-refractivity contribution is 6.42. The Kier molecular flexibility index (Phi) is 4.48. The lowest BCUT2D eigenvalue weighted by Crippen LogP contribution is -2.31. The summed E-state index contributed by atoms with van der Waals surface area (Å²) in [5.74, 6) is 0.475. The van der Waals surface area contributed by atoms with Crippen molar-refractivity contribution in [2.75, 3.05) is 13.2 Å². The van der Waals surface area contributed by atoms with Gasteiger partial charge in [0, 0.05) is 0 Å². The molecule has 1 aromatic rings. The summed E-state index contributed by atoms with van der Waals surface area (Å²) in [5, 5.41) is 9.47. The Morgan fingerprint density at radius 3 is 2.79 bits per heavy atom. The summed E-state index contributed by atoms with van der Waals surface area (Å²) in [6.07, 6.45) is 0. The molecular weight excluding hydrogens is 225 g/mol. The minimum atomic E-state index is -0.412. The van der Waals surface area contributed by atoms with Crippen LogP contribution in [0.1, 0.15) is 0 Å². The van der Waals surface area contributed by atoms with Gasteiger partial charge in [-0.15, -0.1) is 0 Å². The number of aliphatic hydroxyl groups is 1. The topological polar surface area (TPSA) is 55.5 Å². The van der Waals surface area contributed by atoms with Gasteiger partial charge in [-0.3, -0.25) is 0 Å². The Balaban J connectivity index is 2.63. The van der Waals surface area contributed by atoms with Crippen molar-refractivity contribution >= 4 is 23.2 Å². The lowest BCUT2D eigenvalue weighted by molar-refractivity contribution is 0.206. The predicted molar refractivity (Wildman–Crippen MR) is 57.0 cm³/mol. The van der Waals surface area contributed by atoms with Gasteiger partial charge in [0.2, 0.25) is 0 Å². The summed E-state index contributed by atoms with van der Waals surface area (Å²) in [6.45, 7) is 0.0781. The van der Waals surface area contributed by atoms with E-state index in [9.17, 15) is 0 Å². The Labute approximate surface area is 92.4 Å². The maximum Gasteiger partial charge on any atom is 0.139 e. The normalized spacial score (nSPS) is 12.6. The van der Waals surface area contributed by atoms with Gasteiger partial charge in [0.25, 0.3) is 0 Å². The van der Waals surface area contributed by atoms with Crippen LogP contribution in [0.25, 0.3) is 0 Å². The summed E-state index contributed by atoms with van der Waals surface area (Å²) in [7, 11) is 0. The van der Waals surface area contributed by atoms with Crippen LogP contribution < -0.4 is 10.5 Å². The van der Waals surface area contributed by atoms with Crippen LogP contribution in [0.4, 0.5) is 0 Å². The molecule has 0 spiro atoms. The van der Waals surface area contributed by atoms with Crippen LogP contribution in [0.5, 0.6) is 5.75 Å². The quantitative estimate of drug-likeness (QED) is 0.836. The van der Waals surface area contributed by atoms with Crippen molar-refractivity contribution in [1.29, 1.82) is 0 Å². The summed E-state index contributed by atoms with van der Waals surface area (Å²) < 4.78 is 5.27. The van der Waals surface area contributed by atoms with Crippen LogP contribution in [-0.4, -0.2) is 24.4 Å². The van der Waals surface area contributed by atoms with Gasteiger partial charge in [0.05, 0.1) is 17.7 Å².